The van der Waals surface area contributed by atoms with E-state index in [1.807, 2.05) is 6.92 Å². The van der Waals surface area contributed by atoms with Gasteiger partial charge in [-0.05, 0) is 48.0 Å². The summed E-state index contributed by atoms with van der Waals surface area (Å²) < 4.78 is 15.5. The van der Waals surface area contributed by atoms with Gasteiger partial charge >= 0.3 is 18.0 Å². The van der Waals surface area contributed by atoms with Gasteiger partial charge in [-0.3, -0.25) is 4.79 Å². The van der Waals surface area contributed by atoms with Crippen molar-refractivity contribution in [3.63, 3.8) is 0 Å². The molecular formula is C18H33NO7. The van der Waals surface area contributed by atoms with Crippen LogP contribution in [0, 0.1) is 5.92 Å². The van der Waals surface area contributed by atoms with Gasteiger partial charge in [0.25, 0.3) is 0 Å². The van der Waals surface area contributed by atoms with Gasteiger partial charge in [0.2, 0.25) is 0 Å². The Bertz CT molecular complexity index is 482. The lowest BCUT2D eigenvalue weighted by atomic mass is 10.0. The number of aliphatic hydroxyl groups is 1. The number of carbonyl (C=O) groups is 3. The van der Waals surface area contributed by atoms with Crippen LogP contribution in [0.5, 0.6) is 0 Å². The van der Waals surface area contributed by atoms with Gasteiger partial charge in [0.15, 0.2) is 0 Å². The van der Waals surface area contributed by atoms with Crippen molar-refractivity contribution in [3.8, 4) is 0 Å². The zero-order valence-electron chi connectivity index (χ0n) is 16.9. The lowest BCUT2D eigenvalue weighted by molar-refractivity contribution is -0.168. The maximum atomic E-state index is 12.5. The molecule has 0 radical (unpaired) electrons. The second-order valence-corrected chi connectivity index (χ2v) is 7.77. The fraction of sp³-hybridized carbons (Fsp3) is 0.833. The predicted molar refractivity (Wildman–Crippen MR) is 95.4 cm³/mol. The Morgan fingerprint density at radius 3 is 2.08 bits per heavy atom. The van der Waals surface area contributed by atoms with E-state index in [0.717, 1.165) is 6.42 Å². The standard InChI is InChI=1S/C18H33NO7/c1-8-9-10-24-14(21)12(2)13(15(22)25-18(6,7)11-20)19-16(23)26-17(3,4)5/h12-13,20H,8-11H2,1-7H3,(H,19,23). The Balaban J connectivity index is 5.22. The van der Waals surface area contributed by atoms with Crippen LogP contribution in [-0.4, -0.2) is 53.6 Å². The first-order valence-electron chi connectivity index (χ1n) is 8.83. The Hall–Kier alpha value is -1.83. The third-order valence-electron chi connectivity index (χ3n) is 3.30. The molecule has 0 aromatic carbocycles. The fourth-order valence-corrected chi connectivity index (χ4v) is 1.78. The van der Waals surface area contributed by atoms with Crippen molar-refractivity contribution < 1.29 is 33.7 Å². The van der Waals surface area contributed by atoms with Crippen LogP contribution in [0.4, 0.5) is 4.79 Å². The minimum absolute atomic E-state index is 0.232. The highest BCUT2D eigenvalue weighted by Crippen LogP contribution is 2.16. The number of alkyl carbamates (subject to hydrolysis) is 1. The average Bonchev–Trinajstić information content (AvgIpc) is 2.49. The van der Waals surface area contributed by atoms with Crippen molar-refractivity contribution >= 4 is 18.0 Å². The summed E-state index contributed by atoms with van der Waals surface area (Å²) in [6.45, 7) is 11.3. The highest BCUT2D eigenvalue weighted by atomic mass is 16.6. The molecule has 8 nitrogen and oxygen atoms in total. The first-order chi connectivity index (χ1) is 11.8. The molecule has 0 bridgehead atoms. The van der Waals surface area contributed by atoms with Crippen molar-refractivity contribution in [2.75, 3.05) is 13.2 Å². The van der Waals surface area contributed by atoms with Gasteiger partial charge in [-0.15, -0.1) is 0 Å². The molecule has 0 spiro atoms. The minimum atomic E-state index is -1.30. The molecule has 2 atom stereocenters. The van der Waals surface area contributed by atoms with E-state index in [9.17, 15) is 19.5 Å². The molecule has 8 heteroatoms. The van der Waals surface area contributed by atoms with E-state index in [4.69, 9.17) is 14.2 Å². The molecule has 0 fully saturated rings. The monoisotopic (exact) mass is 375 g/mol. The second kappa shape index (κ2) is 10.4. The summed E-state index contributed by atoms with van der Waals surface area (Å²) in [6.07, 6.45) is 0.702. The molecule has 152 valence electrons. The van der Waals surface area contributed by atoms with E-state index in [0.29, 0.717) is 6.42 Å². The molecule has 0 aliphatic carbocycles. The minimum Gasteiger partial charge on any atom is -0.465 e. The predicted octanol–water partition coefficient (Wildman–Crippen LogP) is 2.17. The Kier molecular flexibility index (Phi) is 9.62. The maximum absolute atomic E-state index is 12.5. The first kappa shape index (κ1) is 24.2. The summed E-state index contributed by atoms with van der Waals surface area (Å²) in [5.41, 5.74) is -1.93. The molecule has 0 rings (SSSR count). The highest BCUT2D eigenvalue weighted by molar-refractivity contribution is 5.87. The number of rotatable bonds is 9. The molecule has 0 heterocycles. The van der Waals surface area contributed by atoms with Crippen molar-refractivity contribution in [1.29, 1.82) is 0 Å². The molecule has 0 aliphatic heterocycles. The van der Waals surface area contributed by atoms with Crippen molar-refractivity contribution in [3.05, 3.63) is 0 Å². The van der Waals surface area contributed by atoms with E-state index in [1.54, 1.807) is 20.8 Å². The van der Waals surface area contributed by atoms with Gasteiger partial charge in [0.1, 0.15) is 17.2 Å². The smallest absolute Gasteiger partial charge is 0.408 e. The lowest BCUT2D eigenvalue weighted by Crippen LogP contribution is -2.52. The third-order valence-corrected chi connectivity index (χ3v) is 3.30. The molecule has 26 heavy (non-hydrogen) atoms. The normalized spacial score (nSPS) is 14.2. The van der Waals surface area contributed by atoms with E-state index < -0.39 is 47.8 Å². The van der Waals surface area contributed by atoms with Gasteiger partial charge in [0.05, 0.1) is 19.1 Å². The summed E-state index contributed by atoms with van der Waals surface area (Å²) >= 11 is 0. The summed E-state index contributed by atoms with van der Waals surface area (Å²) in [5, 5.41) is 11.6. The van der Waals surface area contributed by atoms with Crippen LogP contribution < -0.4 is 5.32 Å². The molecule has 1 amide bonds. The number of hydrogen-bond acceptors (Lipinski definition) is 7. The van der Waals surface area contributed by atoms with E-state index in [-0.39, 0.29) is 6.61 Å². The zero-order chi connectivity index (χ0) is 20.5. The number of esters is 2. The van der Waals surface area contributed by atoms with Crippen LogP contribution in [0.2, 0.25) is 0 Å². The number of aliphatic hydroxyl groups excluding tert-OH is 1. The van der Waals surface area contributed by atoms with Crippen molar-refractivity contribution in [2.45, 2.75) is 78.6 Å². The summed E-state index contributed by atoms with van der Waals surface area (Å²) in [6, 6.07) is -1.30. The molecule has 0 aromatic rings. The summed E-state index contributed by atoms with van der Waals surface area (Å²) in [7, 11) is 0. The zero-order valence-corrected chi connectivity index (χ0v) is 16.9. The molecular weight excluding hydrogens is 342 g/mol. The topological polar surface area (TPSA) is 111 Å². The highest BCUT2D eigenvalue weighted by Gasteiger charge is 2.37. The van der Waals surface area contributed by atoms with Crippen LogP contribution in [0.3, 0.4) is 0 Å². The van der Waals surface area contributed by atoms with Gasteiger partial charge in [-0.2, -0.15) is 0 Å². The number of ether oxygens (including phenoxy) is 3. The van der Waals surface area contributed by atoms with Crippen molar-refractivity contribution in [2.24, 2.45) is 5.92 Å². The Labute approximate surface area is 155 Å². The van der Waals surface area contributed by atoms with Gasteiger partial charge in [-0.25, -0.2) is 9.59 Å². The van der Waals surface area contributed by atoms with Crippen LogP contribution >= 0.6 is 0 Å². The van der Waals surface area contributed by atoms with Gasteiger partial charge in [0, 0.05) is 0 Å². The van der Waals surface area contributed by atoms with Crippen molar-refractivity contribution in [1.82, 2.24) is 5.32 Å². The number of nitrogens with one attached hydrogen (secondary N) is 1. The number of unbranched alkanes of at least 4 members (excludes halogenated alkanes) is 1. The van der Waals surface area contributed by atoms with Gasteiger partial charge in [-0.1, -0.05) is 13.3 Å². The van der Waals surface area contributed by atoms with Crippen LogP contribution in [0.25, 0.3) is 0 Å². The molecule has 0 aromatic heterocycles. The average molecular weight is 375 g/mol. The van der Waals surface area contributed by atoms with Crippen LogP contribution in [-0.2, 0) is 23.8 Å². The van der Waals surface area contributed by atoms with Gasteiger partial charge < -0.3 is 24.6 Å². The Morgan fingerprint density at radius 1 is 1.04 bits per heavy atom. The molecule has 2 N–H and O–H groups in total. The lowest BCUT2D eigenvalue weighted by Gasteiger charge is -2.29. The van der Waals surface area contributed by atoms with E-state index in [2.05, 4.69) is 5.32 Å². The quantitative estimate of drug-likeness (QED) is 0.361. The SMILES string of the molecule is CCCCOC(=O)C(C)C(NC(=O)OC(C)(C)C)C(=O)OC(C)(C)CO. The number of carbonyl (C=O) groups excluding carboxylic acids is 3. The fourth-order valence-electron chi connectivity index (χ4n) is 1.78. The maximum Gasteiger partial charge on any atom is 0.408 e. The second-order valence-electron chi connectivity index (χ2n) is 7.77. The van der Waals surface area contributed by atoms with Crippen LogP contribution in [0.1, 0.15) is 61.3 Å². The van der Waals surface area contributed by atoms with Crippen LogP contribution in [0.15, 0.2) is 0 Å². The summed E-state index contributed by atoms with van der Waals surface area (Å²) in [4.78, 5) is 36.7. The number of amides is 1. The molecule has 2 unspecified atom stereocenters. The first-order valence-corrected chi connectivity index (χ1v) is 8.83. The largest absolute Gasteiger partial charge is 0.465 e. The Morgan fingerprint density at radius 2 is 1.62 bits per heavy atom. The van der Waals surface area contributed by atoms with E-state index in [1.165, 1.54) is 20.8 Å². The number of hydrogen-bond donors (Lipinski definition) is 2. The molecule has 0 aliphatic rings. The van der Waals surface area contributed by atoms with E-state index >= 15 is 0 Å². The molecule has 0 saturated heterocycles. The molecule has 0 saturated carbocycles. The summed E-state index contributed by atoms with van der Waals surface area (Å²) in [5.74, 6) is -2.46. The third kappa shape index (κ3) is 9.60.